The van der Waals surface area contributed by atoms with Gasteiger partial charge in [0.15, 0.2) is 5.96 Å². The predicted octanol–water partition coefficient (Wildman–Crippen LogP) is 2.12. The van der Waals surface area contributed by atoms with Gasteiger partial charge in [-0.25, -0.2) is 4.79 Å². The summed E-state index contributed by atoms with van der Waals surface area (Å²) in [5.41, 5.74) is 8.37. The molecule has 4 N–H and O–H groups in total. The molecule has 0 heterocycles. The molecule has 0 aromatic heterocycles. The Labute approximate surface area is 134 Å². The van der Waals surface area contributed by atoms with E-state index in [-0.39, 0.29) is 12.0 Å². The summed E-state index contributed by atoms with van der Waals surface area (Å²) < 4.78 is 0. The molecular formula is C14H23N5O4. The van der Waals surface area contributed by atoms with Crippen molar-refractivity contribution in [3.05, 3.63) is 39.4 Å². The second-order valence-electron chi connectivity index (χ2n) is 4.86. The van der Waals surface area contributed by atoms with E-state index in [1.165, 1.54) is 7.05 Å². The molecule has 0 bridgehead atoms. The van der Waals surface area contributed by atoms with E-state index in [2.05, 4.69) is 0 Å². The number of hydrogen-bond acceptors (Lipinski definition) is 4. The molecule has 1 rings (SSSR count). The number of amides is 2. The molecule has 0 aliphatic rings. The maximum absolute atomic E-state index is 12.4. The van der Waals surface area contributed by atoms with Gasteiger partial charge in [-0.3, -0.25) is 15.2 Å². The lowest BCUT2D eigenvalue weighted by molar-refractivity contribution is -0.742. The number of carbonyl (C=O) groups is 1. The monoisotopic (exact) mass is 325 g/mol. The third-order valence-electron chi connectivity index (χ3n) is 3.04. The third-order valence-corrected chi connectivity index (χ3v) is 3.04. The second kappa shape index (κ2) is 9.23. The fourth-order valence-corrected chi connectivity index (χ4v) is 2.04. The van der Waals surface area contributed by atoms with Crippen molar-refractivity contribution in [2.75, 3.05) is 18.5 Å². The number of guanidine groups is 1. The molecule has 0 atom stereocenters. The molecule has 9 nitrogen and oxygen atoms in total. The summed E-state index contributed by atoms with van der Waals surface area (Å²) in [6.07, 6.45) is 0.839. The van der Waals surface area contributed by atoms with Crippen LogP contribution in [0.3, 0.4) is 0 Å². The maximum atomic E-state index is 12.4. The Morgan fingerprint density at radius 3 is 2.17 bits per heavy atom. The molecule has 0 saturated carbocycles. The number of anilines is 1. The van der Waals surface area contributed by atoms with Gasteiger partial charge in [-0.15, -0.1) is 10.1 Å². The van der Waals surface area contributed by atoms with Crippen LogP contribution in [0.1, 0.15) is 24.5 Å². The third kappa shape index (κ3) is 6.20. The van der Waals surface area contributed by atoms with Gasteiger partial charge in [-0.1, -0.05) is 25.1 Å². The Bertz CT molecular complexity index is 552. The zero-order valence-corrected chi connectivity index (χ0v) is 13.7. The van der Waals surface area contributed by atoms with Gasteiger partial charge in [0, 0.05) is 13.6 Å². The minimum Gasteiger partial charge on any atom is -0.370 e. The Morgan fingerprint density at radius 2 is 1.83 bits per heavy atom. The van der Waals surface area contributed by atoms with E-state index in [1.54, 1.807) is 4.90 Å². The van der Waals surface area contributed by atoms with Gasteiger partial charge < -0.3 is 10.9 Å². The van der Waals surface area contributed by atoms with Crippen molar-refractivity contribution in [3.63, 3.8) is 0 Å². The van der Waals surface area contributed by atoms with Crippen molar-refractivity contribution in [1.82, 2.24) is 4.90 Å². The number of para-hydroxylation sites is 1. The topological polar surface area (TPSA) is 137 Å². The zero-order chi connectivity index (χ0) is 18.2. The first-order valence-electron chi connectivity index (χ1n) is 6.92. The van der Waals surface area contributed by atoms with Crippen molar-refractivity contribution in [2.45, 2.75) is 27.2 Å². The summed E-state index contributed by atoms with van der Waals surface area (Å²) in [6.45, 7) is 6.57. The minimum absolute atomic E-state index is 0.252. The molecule has 0 fully saturated rings. The van der Waals surface area contributed by atoms with Crippen molar-refractivity contribution >= 4 is 17.7 Å². The van der Waals surface area contributed by atoms with Crippen LogP contribution < -0.4 is 10.6 Å². The van der Waals surface area contributed by atoms with Crippen molar-refractivity contribution in [2.24, 2.45) is 5.73 Å². The average Bonchev–Trinajstić information content (AvgIpc) is 2.43. The molecule has 0 saturated heterocycles. The standard InChI is InChI=1S/C14H22N4O.HNO3/c1-5-9-18(14(19)17(4)13(15)16)12-10(2)7-6-8-11(12)3;2-1(3)4/h6-8H,5,9H2,1-4H3,(H3,15,16);(H,2,3,4). The number of hydrogen-bond donors (Lipinski definition) is 3. The summed E-state index contributed by atoms with van der Waals surface area (Å²) in [5, 5.41) is 21.0. The lowest BCUT2D eigenvalue weighted by Gasteiger charge is -2.29. The molecule has 1 aromatic rings. The van der Waals surface area contributed by atoms with Crippen molar-refractivity contribution < 1.29 is 15.1 Å². The predicted molar refractivity (Wildman–Crippen MR) is 87.4 cm³/mol. The van der Waals surface area contributed by atoms with Gasteiger partial charge in [0.25, 0.3) is 5.09 Å². The minimum atomic E-state index is -1.50. The molecule has 128 valence electrons. The number of rotatable bonds is 3. The number of urea groups is 1. The summed E-state index contributed by atoms with van der Waals surface area (Å²) in [5.74, 6) is -0.252. The second-order valence-corrected chi connectivity index (χ2v) is 4.86. The summed E-state index contributed by atoms with van der Waals surface area (Å²) in [4.78, 5) is 23.6. The number of nitrogens with one attached hydrogen (secondary N) is 1. The van der Waals surface area contributed by atoms with Crippen LogP contribution in [0.15, 0.2) is 18.2 Å². The van der Waals surface area contributed by atoms with Gasteiger partial charge in [0.2, 0.25) is 0 Å². The Morgan fingerprint density at radius 1 is 1.39 bits per heavy atom. The molecule has 0 aliphatic heterocycles. The van der Waals surface area contributed by atoms with Crippen LogP contribution in [0.25, 0.3) is 0 Å². The highest BCUT2D eigenvalue weighted by Crippen LogP contribution is 2.25. The van der Waals surface area contributed by atoms with E-state index < -0.39 is 5.09 Å². The van der Waals surface area contributed by atoms with E-state index in [0.717, 1.165) is 28.1 Å². The van der Waals surface area contributed by atoms with E-state index in [9.17, 15) is 4.79 Å². The highest BCUT2D eigenvalue weighted by atomic mass is 16.9. The quantitative estimate of drug-likeness (QED) is 0.338. The zero-order valence-electron chi connectivity index (χ0n) is 13.7. The van der Waals surface area contributed by atoms with Crippen LogP contribution in [0.4, 0.5) is 10.5 Å². The fourth-order valence-electron chi connectivity index (χ4n) is 2.04. The number of benzene rings is 1. The van der Waals surface area contributed by atoms with Crippen LogP contribution >= 0.6 is 0 Å². The first-order chi connectivity index (χ1) is 10.6. The van der Waals surface area contributed by atoms with Crippen LogP contribution in [-0.4, -0.2) is 40.8 Å². The SMILES string of the molecule is CCCN(C(=O)N(C)C(=N)N)c1c(C)cccc1C.O=[N+]([O-])O. The number of nitrogens with two attached hydrogens (primary N) is 1. The van der Waals surface area contributed by atoms with E-state index >= 15 is 0 Å². The van der Waals surface area contributed by atoms with Crippen molar-refractivity contribution in [3.8, 4) is 0 Å². The first kappa shape index (κ1) is 20.2. The highest BCUT2D eigenvalue weighted by molar-refractivity contribution is 6.02. The van der Waals surface area contributed by atoms with E-state index in [4.69, 9.17) is 26.5 Å². The fraction of sp³-hybridized carbons (Fsp3) is 0.429. The number of carbonyl (C=O) groups excluding carboxylic acids is 1. The van der Waals surface area contributed by atoms with Crippen LogP contribution in [-0.2, 0) is 0 Å². The smallest absolute Gasteiger partial charge is 0.331 e. The summed E-state index contributed by atoms with van der Waals surface area (Å²) >= 11 is 0. The Balaban J connectivity index is 0.00000108. The van der Waals surface area contributed by atoms with Gasteiger partial charge in [0.05, 0.1) is 5.69 Å². The summed E-state index contributed by atoms with van der Waals surface area (Å²) in [7, 11) is 1.51. The average molecular weight is 325 g/mol. The highest BCUT2D eigenvalue weighted by Gasteiger charge is 2.23. The van der Waals surface area contributed by atoms with E-state index in [1.807, 2.05) is 39.0 Å². The molecule has 9 heteroatoms. The van der Waals surface area contributed by atoms with Crippen LogP contribution in [0, 0.1) is 29.4 Å². The molecule has 0 spiro atoms. The summed E-state index contributed by atoms with van der Waals surface area (Å²) in [6, 6.07) is 5.65. The van der Waals surface area contributed by atoms with Gasteiger partial charge >= 0.3 is 6.03 Å². The van der Waals surface area contributed by atoms with Crippen molar-refractivity contribution in [1.29, 1.82) is 5.41 Å². The number of aryl methyl sites for hydroxylation is 2. The molecular weight excluding hydrogens is 302 g/mol. The molecule has 1 aromatic carbocycles. The lowest BCUT2D eigenvalue weighted by atomic mass is 10.1. The Hall–Kier alpha value is -2.84. The van der Waals surface area contributed by atoms with E-state index in [0.29, 0.717) is 6.54 Å². The maximum Gasteiger partial charge on any atom is 0.331 e. The van der Waals surface area contributed by atoms with Crippen LogP contribution in [0.2, 0.25) is 0 Å². The molecule has 0 unspecified atom stereocenters. The lowest BCUT2D eigenvalue weighted by Crippen LogP contribution is -2.47. The largest absolute Gasteiger partial charge is 0.370 e. The molecule has 2 amide bonds. The normalized spacial score (nSPS) is 9.39. The van der Waals surface area contributed by atoms with Gasteiger partial charge in [-0.2, -0.15) is 0 Å². The van der Waals surface area contributed by atoms with Gasteiger partial charge in [0.1, 0.15) is 0 Å². The molecule has 0 radical (unpaired) electrons. The Kier molecular flexibility index (Phi) is 8.09. The first-order valence-corrected chi connectivity index (χ1v) is 6.92. The number of nitrogens with zero attached hydrogens (tertiary/aromatic N) is 3. The molecule has 23 heavy (non-hydrogen) atoms. The van der Waals surface area contributed by atoms with Crippen LogP contribution in [0.5, 0.6) is 0 Å². The molecule has 0 aliphatic carbocycles. The van der Waals surface area contributed by atoms with Gasteiger partial charge in [-0.05, 0) is 31.4 Å².